The van der Waals surface area contributed by atoms with Gasteiger partial charge in [-0.3, -0.25) is 0 Å². The maximum absolute atomic E-state index is 3.50. The van der Waals surface area contributed by atoms with Gasteiger partial charge in [-0.1, -0.05) is 30.3 Å². The van der Waals surface area contributed by atoms with E-state index in [2.05, 4.69) is 64.4 Å². The van der Waals surface area contributed by atoms with E-state index in [0.717, 1.165) is 32.6 Å². The van der Waals surface area contributed by atoms with Gasteiger partial charge in [0, 0.05) is 19.6 Å². The van der Waals surface area contributed by atoms with Crippen LogP contribution in [-0.4, -0.2) is 31.6 Å². The van der Waals surface area contributed by atoms with Crippen LogP contribution in [0.5, 0.6) is 0 Å². The van der Waals surface area contributed by atoms with Crippen molar-refractivity contribution in [2.45, 2.75) is 13.0 Å². The van der Waals surface area contributed by atoms with Crippen molar-refractivity contribution in [3.05, 3.63) is 58.3 Å². The maximum atomic E-state index is 3.50. The van der Waals surface area contributed by atoms with Crippen LogP contribution < -0.4 is 5.32 Å². The third kappa shape index (κ3) is 5.55. The quantitative estimate of drug-likeness (QED) is 0.744. The van der Waals surface area contributed by atoms with Crippen LogP contribution in [0, 0.1) is 0 Å². The Morgan fingerprint density at radius 3 is 2.63 bits per heavy atom. The topological polar surface area (TPSA) is 15.3 Å². The lowest BCUT2D eigenvalue weighted by molar-refractivity contribution is 0.325. The van der Waals surface area contributed by atoms with Crippen LogP contribution >= 0.6 is 11.3 Å². The van der Waals surface area contributed by atoms with E-state index < -0.39 is 0 Å². The Kier molecular flexibility index (Phi) is 6.08. The highest BCUT2D eigenvalue weighted by Crippen LogP contribution is 2.05. The Morgan fingerprint density at radius 2 is 1.89 bits per heavy atom. The largest absolute Gasteiger partial charge is 0.315 e. The molecule has 1 N–H and O–H groups in total. The third-order valence-corrected chi connectivity index (χ3v) is 3.87. The van der Waals surface area contributed by atoms with Crippen molar-refractivity contribution in [2.75, 3.05) is 26.7 Å². The predicted octanol–water partition coefficient (Wildman–Crippen LogP) is 3.01. The molecule has 0 saturated carbocycles. The molecule has 102 valence electrons. The third-order valence-electron chi connectivity index (χ3n) is 3.14. The van der Waals surface area contributed by atoms with E-state index >= 15 is 0 Å². The Balaban J connectivity index is 1.55. The molecule has 1 heterocycles. The van der Waals surface area contributed by atoms with Crippen LogP contribution in [0.3, 0.4) is 0 Å². The minimum absolute atomic E-state index is 1.02. The van der Waals surface area contributed by atoms with Crippen LogP contribution in [0.2, 0.25) is 0 Å². The summed E-state index contributed by atoms with van der Waals surface area (Å²) in [4.78, 5) is 2.35. The van der Waals surface area contributed by atoms with E-state index in [9.17, 15) is 0 Å². The van der Waals surface area contributed by atoms with E-state index in [-0.39, 0.29) is 0 Å². The normalized spacial score (nSPS) is 11.1. The lowest BCUT2D eigenvalue weighted by Gasteiger charge is -2.16. The molecule has 0 bridgehead atoms. The molecule has 0 atom stereocenters. The summed E-state index contributed by atoms with van der Waals surface area (Å²) in [5.41, 5.74) is 2.82. The van der Waals surface area contributed by atoms with Crippen LogP contribution in [0.4, 0.5) is 0 Å². The van der Waals surface area contributed by atoms with Crippen molar-refractivity contribution in [1.82, 2.24) is 10.2 Å². The zero-order valence-electron chi connectivity index (χ0n) is 11.5. The van der Waals surface area contributed by atoms with Gasteiger partial charge in [0.25, 0.3) is 0 Å². The second-order valence-electron chi connectivity index (χ2n) is 4.85. The molecule has 0 aliphatic heterocycles. The number of rotatable bonds is 8. The molecule has 0 saturated heterocycles. The molecule has 0 aliphatic carbocycles. The van der Waals surface area contributed by atoms with Gasteiger partial charge in [0.1, 0.15) is 0 Å². The maximum Gasteiger partial charge on any atom is 0.0231 e. The van der Waals surface area contributed by atoms with E-state index in [0.29, 0.717) is 0 Å². The number of hydrogen-bond acceptors (Lipinski definition) is 3. The molecule has 1 aromatic heterocycles. The van der Waals surface area contributed by atoms with Gasteiger partial charge in [0.05, 0.1) is 0 Å². The number of nitrogens with zero attached hydrogens (tertiary/aromatic N) is 1. The Morgan fingerprint density at radius 1 is 1.05 bits per heavy atom. The van der Waals surface area contributed by atoms with Gasteiger partial charge in [-0.25, -0.2) is 0 Å². The molecule has 0 amide bonds. The van der Waals surface area contributed by atoms with Gasteiger partial charge in [-0.05, 0) is 48.0 Å². The van der Waals surface area contributed by atoms with Gasteiger partial charge in [-0.2, -0.15) is 11.3 Å². The van der Waals surface area contributed by atoms with Crippen molar-refractivity contribution in [1.29, 1.82) is 0 Å². The van der Waals surface area contributed by atoms with E-state index in [1.54, 1.807) is 11.3 Å². The fourth-order valence-electron chi connectivity index (χ4n) is 2.04. The van der Waals surface area contributed by atoms with Gasteiger partial charge < -0.3 is 10.2 Å². The van der Waals surface area contributed by atoms with E-state index in [4.69, 9.17) is 0 Å². The first-order valence-electron chi connectivity index (χ1n) is 6.79. The van der Waals surface area contributed by atoms with Crippen LogP contribution in [0.1, 0.15) is 11.1 Å². The average molecular weight is 274 g/mol. The second-order valence-corrected chi connectivity index (χ2v) is 5.64. The monoisotopic (exact) mass is 274 g/mol. The standard InChI is InChI=1S/C16H22N2S/c1-18(13-15-5-3-2-4-6-15)11-10-17-9-7-16-8-12-19-14-16/h2-6,8,12,14,17H,7,9-11,13H2,1H3. The summed E-state index contributed by atoms with van der Waals surface area (Å²) in [6.45, 7) is 4.22. The molecule has 3 heteroatoms. The molecule has 19 heavy (non-hydrogen) atoms. The summed E-state index contributed by atoms with van der Waals surface area (Å²) in [6.07, 6.45) is 1.13. The van der Waals surface area contributed by atoms with Crippen molar-refractivity contribution >= 4 is 11.3 Å². The molecule has 1 aromatic carbocycles. The lowest BCUT2D eigenvalue weighted by atomic mass is 10.2. The summed E-state index contributed by atoms with van der Waals surface area (Å²) in [5.74, 6) is 0. The molecule has 0 spiro atoms. The molecule has 2 nitrogen and oxygen atoms in total. The van der Waals surface area contributed by atoms with Crippen molar-refractivity contribution < 1.29 is 0 Å². The van der Waals surface area contributed by atoms with Crippen LogP contribution in [0.15, 0.2) is 47.2 Å². The number of benzene rings is 1. The first-order chi connectivity index (χ1) is 9.34. The summed E-state index contributed by atoms with van der Waals surface area (Å²) < 4.78 is 0. The number of likely N-dealkylation sites (N-methyl/N-ethyl adjacent to an activating group) is 1. The Labute approximate surface area is 120 Å². The minimum Gasteiger partial charge on any atom is -0.315 e. The predicted molar refractivity (Wildman–Crippen MR) is 83.7 cm³/mol. The first kappa shape index (κ1) is 14.3. The zero-order valence-corrected chi connectivity index (χ0v) is 12.3. The van der Waals surface area contributed by atoms with E-state index in [1.807, 2.05) is 0 Å². The fraction of sp³-hybridized carbons (Fsp3) is 0.375. The summed E-state index contributed by atoms with van der Waals surface area (Å²) in [6, 6.07) is 12.8. The average Bonchev–Trinajstić information content (AvgIpc) is 2.92. The summed E-state index contributed by atoms with van der Waals surface area (Å²) >= 11 is 1.77. The smallest absolute Gasteiger partial charge is 0.0231 e. The molecule has 0 aliphatic rings. The highest BCUT2D eigenvalue weighted by atomic mass is 32.1. The number of thiophene rings is 1. The van der Waals surface area contributed by atoms with Gasteiger partial charge in [0.15, 0.2) is 0 Å². The first-order valence-corrected chi connectivity index (χ1v) is 7.73. The van der Waals surface area contributed by atoms with Crippen LogP contribution in [-0.2, 0) is 13.0 Å². The molecule has 2 aromatic rings. The zero-order chi connectivity index (χ0) is 13.3. The Hall–Kier alpha value is -1.16. The molecular formula is C16H22N2S. The summed E-state index contributed by atoms with van der Waals surface area (Å²) in [7, 11) is 2.17. The highest BCUT2D eigenvalue weighted by molar-refractivity contribution is 7.07. The van der Waals surface area contributed by atoms with Crippen molar-refractivity contribution in [3.8, 4) is 0 Å². The van der Waals surface area contributed by atoms with Crippen molar-refractivity contribution in [3.63, 3.8) is 0 Å². The SMILES string of the molecule is CN(CCNCCc1ccsc1)Cc1ccccc1. The Bertz CT molecular complexity index is 439. The molecule has 0 fully saturated rings. The fourth-order valence-corrected chi connectivity index (χ4v) is 2.74. The molecular weight excluding hydrogens is 252 g/mol. The van der Waals surface area contributed by atoms with Crippen molar-refractivity contribution in [2.24, 2.45) is 0 Å². The van der Waals surface area contributed by atoms with Gasteiger partial charge >= 0.3 is 0 Å². The van der Waals surface area contributed by atoms with Gasteiger partial charge in [0.2, 0.25) is 0 Å². The minimum atomic E-state index is 1.02. The molecule has 2 rings (SSSR count). The molecule has 0 radical (unpaired) electrons. The lowest BCUT2D eigenvalue weighted by Crippen LogP contribution is -2.30. The van der Waals surface area contributed by atoms with Gasteiger partial charge in [-0.15, -0.1) is 0 Å². The second kappa shape index (κ2) is 8.10. The number of hydrogen-bond donors (Lipinski definition) is 1. The number of nitrogens with one attached hydrogen (secondary N) is 1. The molecule has 0 unspecified atom stereocenters. The highest BCUT2D eigenvalue weighted by Gasteiger charge is 1.99. The summed E-state index contributed by atoms with van der Waals surface area (Å²) in [5, 5.41) is 7.87. The van der Waals surface area contributed by atoms with Crippen LogP contribution in [0.25, 0.3) is 0 Å². The van der Waals surface area contributed by atoms with E-state index in [1.165, 1.54) is 11.1 Å².